The van der Waals surface area contributed by atoms with Gasteiger partial charge in [0, 0.05) is 35.2 Å². The molecule has 0 heterocycles. The molecule has 10 heavy (non-hydrogen) atoms. The van der Waals surface area contributed by atoms with E-state index in [1.54, 1.807) is 0 Å². The number of hydrogen-bond donors (Lipinski definition) is 1. The summed E-state index contributed by atoms with van der Waals surface area (Å²) in [7, 11) is 0. The summed E-state index contributed by atoms with van der Waals surface area (Å²) in [4.78, 5) is 0. The van der Waals surface area contributed by atoms with Crippen LogP contribution < -0.4 is 5.32 Å². The predicted octanol–water partition coefficient (Wildman–Crippen LogP) is 1.20. The number of hydrogen-bond acceptors (Lipinski definition) is 2. The van der Waals surface area contributed by atoms with Crippen LogP contribution in [0, 0.1) is 11.5 Å². The quantitative estimate of drug-likeness (QED) is 0.362. The van der Waals surface area contributed by atoms with Crippen molar-refractivity contribution in [1.29, 1.82) is 5.26 Å². The fourth-order valence-corrected chi connectivity index (χ4v) is 0.586. The van der Waals surface area contributed by atoms with Gasteiger partial charge in [-0.3, -0.25) is 5.32 Å². The Bertz CT molecular complexity index is 215. The van der Waals surface area contributed by atoms with Gasteiger partial charge in [0.1, 0.15) is 0 Å². The Morgan fingerprint density at radius 2 is 1.80 bits per heavy atom. The number of anilines is 1. The first kappa shape index (κ1) is 9.51. The summed E-state index contributed by atoms with van der Waals surface area (Å²) in [5.41, 5.74) is 0.833. The van der Waals surface area contributed by atoms with Gasteiger partial charge in [0.2, 0.25) is 0 Å². The Balaban J connectivity index is 0.000000810. The zero-order valence-electron chi connectivity index (χ0n) is 5.83. The molecule has 1 radical (unpaired) electrons. The van der Waals surface area contributed by atoms with E-state index in [4.69, 9.17) is 5.26 Å². The molecule has 0 aliphatic heterocycles. The van der Waals surface area contributed by atoms with Crippen molar-refractivity contribution in [3.05, 3.63) is 30.3 Å². The molecule has 2 nitrogen and oxygen atoms in total. The minimum absolute atomic E-state index is 0. The van der Waals surface area contributed by atoms with Gasteiger partial charge in [0.15, 0.2) is 6.19 Å². The number of benzene rings is 1. The first-order valence-corrected chi connectivity index (χ1v) is 2.63. The molecule has 1 rings (SSSR count). The van der Waals surface area contributed by atoms with E-state index in [-0.39, 0.29) is 29.6 Å². The number of nitrogens with zero attached hydrogens (tertiary/aromatic N) is 1. The van der Waals surface area contributed by atoms with Gasteiger partial charge in [-0.05, 0) is 12.1 Å². The van der Waals surface area contributed by atoms with E-state index in [1.807, 2.05) is 36.5 Å². The van der Waals surface area contributed by atoms with Crippen molar-refractivity contribution >= 4 is 35.2 Å². The first-order chi connectivity index (χ1) is 4.43. The van der Waals surface area contributed by atoms with Crippen molar-refractivity contribution in [3.63, 3.8) is 0 Å². The van der Waals surface area contributed by atoms with Crippen LogP contribution >= 0.6 is 0 Å². The van der Waals surface area contributed by atoms with Crippen molar-refractivity contribution in [3.8, 4) is 6.19 Å². The molecule has 45 valence electrons. The zero-order valence-corrected chi connectivity index (χ0v) is 7.83. The van der Waals surface area contributed by atoms with E-state index in [9.17, 15) is 0 Å². The van der Waals surface area contributed by atoms with Crippen LogP contribution in [0.5, 0.6) is 0 Å². The Hall–Kier alpha value is -0.490. The molecular weight excluding hydrogens is 135 g/mol. The minimum Gasteiger partial charge on any atom is -0.293 e. The molecule has 0 amide bonds. The molecule has 0 aromatic heterocycles. The zero-order chi connectivity index (χ0) is 6.53. The van der Waals surface area contributed by atoms with E-state index in [1.165, 1.54) is 0 Å². The van der Waals surface area contributed by atoms with Gasteiger partial charge in [-0.15, -0.1) is 0 Å². The van der Waals surface area contributed by atoms with Gasteiger partial charge in [0.05, 0.1) is 0 Å². The van der Waals surface area contributed by atoms with Crippen LogP contribution in [0.1, 0.15) is 0 Å². The number of nitrogens with one attached hydrogen (secondary N) is 1. The molecule has 0 fully saturated rings. The molecule has 0 atom stereocenters. The average molecular weight is 141 g/mol. The van der Waals surface area contributed by atoms with Crippen LogP contribution in [0.15, 0.2) is 30.3 Å². The Morgan fingerprint density at radius 3 is 2.30 bits per heavy atom. The SMILES string of the molecule is N#CNc1ccccc1.[Na]. The maximum Gasteiger partial charge on any atom is 0.181 e. The van der Waals surface area contributed by atoms with Gasteiger partial charge in [0.25, 0.3) is 0 Å². The summed E-state index contributed by atoms with van der Waals surface area (Å²) in [6.45, 7) is 0. The third-order valence-corrected chi connectivity index (χ3v) is 0.974. The van der Waals surface area contributed by atoms with Crippen molar-refractivity contribution in [2.45, 2.75) is 0 Å². The third kappa shape index (κ3) is 2.88. The molecule has 0 bridgehead atoms. The molecule has 0 aliphatic rings. The summed E-state index contributed by atoms with van der Waals surface area (Å²) in [5.74, 6) is 0. The molecule has 0 saturated carbocycles. The van der Waals surface area contributed by atoms with Crippen LogP contribution in [-0.2, 0) is 0 Å². The number of rotatable bonds is 1. The Kier molecular flexibility index (Phi) is 5.05. The molecule has 0 unspecified atom stereocenters. The van der Waals surface area contributed by atoms with Gasteiger partial charge in [-0.2, -0.15) is 5.26 Å². The number of para-hydroxylation sites is 1. The van der Waals surface area contributed by atoms with E-state index in [0.717, 1.165) is 5.69 Å². The third-order valence-electron chi connectivity index (χ3n) is 0.974. The summed E-state index contributed by atoms with van der Waals surface area (Å²) >= 11 is 0. The topological polar surface area (TPSA) is 35.8 Å². The maximum atomic E-state index is 8.16. The van der Waals surface area contributed by atoms with Crippen molar-refractivity contribution in [2.75, 3.05) is 5.32 Å². The van der Waals surface area contributed by atoms with E-state index in [0.29, 0.717) is 0 Å². The van der Waals surface area contributed by atoms with Crippen LogP contribution in [0.2, 0.25) is 0 Å². The molecule has 1 N–H and O–H groups in total. The molecular formula is C7H6N2Na. The van der Waals surface area contributed by atoms with Crippen molar-refractivity contribution < 1.29 is 0 Å². The van der Waals surface area contributed by atoms with E-state index < -0.39 is 0 Å². The van der Waals surface area contributed by atoms with Gasteiger partial charge < -0.3 is 0 Å². The largest absolute Gasteiger partial charge is 0.293 e. The molecule has 3 heteroatoms. The van der Waals surface area contributed by atoms with E-state index in [2.05, 4.69) is 5.32 Å². The Morgan fingerprint density at radius 1 is 1.20 bits per heavy atom. The van der Waals surface area contributed by atoms with Gasteiger partial charge in [-0.25, -0.2) is 0 Å². The van der Waals surface area contributed by atoms with Gasteiger partial charge in [-0.1, -0.05) is 18.2 Å². The van der Waals surface area contributed by atoms with Gasteiger partial charge >= 0.3 is 0 Å². The van der Waals surface area contributed by atoms with Crippen LogP contribution in [0.4, 0.5) is 5.69 Å². The van der Waals surface area contributed by atoms with E-state index >= 15 is 0 Å². The Labute approximate surface area is 82.2 Å². The second kappa shape index (κ2) is 5.31. The average Bonchev–Trinajstić information content (AvgIpc) is 1.91. The van der Waals surface area contributed by atoms with Crippen LogP contribution in [0.3, 0.4) is 0 Å². The van der Waals surface area contributed by atoms with Crippen LogP contribution in [-0.4, -0.2) is 29.6 Å². The smallest absolute Gasteiger partial charge is 0.181 e. The molecule has 0 spiro atoms. The van der Waals surface area contributed by atoms with Crippen molar-refractivity contribution in [1.82, 2.24) is 0 Å². The molecule has 0 saturated heterocycles. The second-order valence-electron chi connectivity index (χ2n) is 1.60. The molecule has 1 aromatic carbocycles. The van der Waals surface area contributed by atoms with Crippen molar-refractivity contribution in [2.24, 2.45) is 0 Å². The summed E-state index contributed by atoms with van der Waals surface area (Å²) < 4.78 is 0. The normalized spacial score (nSPS) is 7.10. The first-order valence-electron chi connectivity index (χ1n) is 2.63. The number of nitriles is 1. The summed E-state index contributed by atoms with van der Waals surface area (Å²) in [5, 5.41) is 10.7. The fraction of sp³-hybridized carbons (Fsp3) is 0. The molecule has 1 aromatic rings. The second-order valence-corrected chi connectivity index (χ2v) is 1.60. The minimum atomic E-state index is 0. The fourth-order valence-electron chi connectivity index (χ4n) is 0.586. The monoisotopic (exact) mass is 141 g/mol. The van der Waals surface area contributed by atoms with Crippen LogP contribution in [0.25, 0.3) is 0 Å². The maximum absolute atomic E-state index is 8.16. The summed E-state index contributed by atoms with van der Waals surface area (Å²) in [6, 6.07) is 9.33. The molecule has 0 aliphatic carbocycles. The summed E-state index contributed by atoms with van der Waals surface area (Å²) in [6.07, 6.45) is 1.83. The predicted molar refractivity (Wildman–Crippen MR) is 41.4 cm³/mol. The standard InChI is InChI=1S/C7H6N2.Na/c8-6-9-7-4-2-1-3-5-7;/h1-5,9H;.